The van der Waals surface area contributed by atoms with Crippen LogP contribution >= 0.6 is 22.7 Å². The number of hydrogen-bond acceptors (Lipinski definition) is 5. The zero-order valence-corrected chi connectivity index (χ0v) is 11.6. The summed E-state index contributed by atoms with van der Waals surface area (Å²) in [5.41, 5.74) is 2.36. The van der Waals surface area contributed by atoms with Gasteiger partial charge in [0.05, 0.1) is 6.20 Å². The molecule has 0 spiro atoms. The van der Waals surface area contributed by atoms with Gasteiger partial charge in [-0.05, 0) is 18.4 Å². The van der Waals surface area contributed by atoms with Crippen LogP contribution in [0.4, 0.5) is 5.82 Å². The van der Waals surface area contributed by atoms with Crippen molar-refractivity contribution in [2.24, 2.45) is 0 Å². The number of thiazole rings is 1. The normalized spacial score (nSPS) is 10.6. The molecule has 3 heterocycles. The first-order valence-corrected chi connectivity index (χ1v) is 7.35. The van der Waals surface area contributed by atoms with Crippen LogP contribution in [0.1, 0.15) is 16.1 Å². The number of thiophene rings is 1. The number of amides is 1. The van der Waals surface area contributed by atoms with Gasteiger partial charge in [-0.1, -0.05) is 0 Å². The van der Waals surface area contributed by atoms with Gasteiger partial charge in [-0.25, -0.2) is 4.98 Å². The number of carbonyl (C=O) groups is 1. The number of H-pyrrole nitrogens is 1. The van der Waals surface area contributed by atoms with Gasteiger partial charge in [0.1, 0.15) is 16.5 Å². The fourth-order valence-electron chi connectivity index (χ4n) is 1.55. The molecule has 0 atom stereocenters. The average molecular weight is 290 g/mol. The summed E-state index contributed by atoms with van der Waals surface area (Å²) in [6.45, 7) is 1.87. The summed E-state index contributed by atoms with van der Waals surface area (Å²) in [5, 5.41) is 16.0. The van der Waals surface area contributed by atoms with Crippen molar-refractivity contribution in [2.45, 2.75) is 6.92 Å². The third kappa shape index (κ3) is 2.42. The summed E-state index contributed by atoms with van der Waals surface area (Å²) in [6.07, 6.45) is 1.66. The van der Waals surface area contributed by atoms with E-state index in [1.54, 1.807) is 22.9 Å². The third-order valence-corrected chi connectivity index (χ3v) is 4.15. The second kappa shape index (κ2) is 4.94. The predicted octanol–water partition coefficient (Wildman–Crippen LogP) is 3.16. The minimum Gasteiger partial charge on any atom is -0.305 e. The molecule has 0 unspecified atom stereocenters. The first-order valence-electron chi connectivity index (χ1n) is 5.53. The summed E-state index contributed by atoms with van der Waals surface area (Å²) in [4.78, 5) is 16.4. The lowest BCUT2D eigenvalue weighted by atomic mass is 10.3. The molecule has 3 rings (SSSR count). The van der Waals surface area contributed by atoms with E-state index in [4.69, 9.17) is 0 Å². The highest BCUT2D eigenvalue weighted by atomic mass is 32.1. The Balaban J connectivity index is 1.80. The molecular formula is C12H10N4OS2. The van der Waals surface area contributed by atoms with Crippen molar-refractivity contribution in [1.29, 1.82) is 0 Å². The van der Waals surface area contributed by atoms with Gasteiger partial charge in [0.15, 0.2) is 0 Å². The summed E-state index contributed by atoms with van der Waals surface area (Å²) in [6, 6.07) is 1.99. The second-order valence-electron chi connectivity index (χ2n) is 3.93. The van der Waals surface area contributed by atoms with Crippen LogP contribution in [0.3, 0.4) is 0 Å². The van der Waals surface area contributed by atoms with Crippen molar-refractivity contribution < 1.29 is 4.79 Å². The minimum absolute atomic E-state index is 0.231. The standard InChI is InChI=1S/C12H10N4OS2/c1-7-4-13-16-10(7)15-11(17)9-6-19-12(14-9)8-2-3-18-5-8/h2-6H,1H3,(H2,13,15,16,17). The molecule has 0 aromatic carbocycles. The molecule has 0 saturated carbocycles. The maximum Gasteiger partial charge on any atom is 0.276 e. The van der Waals surface area contributed by atoms with E-state index < -0.39 is 0 Å². The Hall–Kier alpha value is -1.99. The molecule has 1 amide bonds. The molecular weight excluding hydrogens is 280 g/mol. The minimum atomic E-state index is -0.231. The van der Waals surface area contributed by atoms with Crippen LogP contribution < -0.4 is 5.32 Å². The Bertz CT molecular complexity index is 699. The van der Waals surface area contributed by atoms with E-state index in [0.717, 1.165) is 16.1 Å². The fourth-order valence-corrected chi connectivity index (χ4v) is 3.06. The van der Waals surface area contributed by atoms with Crippen molar-refractivity contribution in [3.63, 3.8) is 0 Å². The average Bonchev–Trinajstić information content (AvgIpc) is 3.09. The molecule has 5 nitrogen and oxygen atoms in total. The van der Waals surface area contributed by atoms with Crippen LogP contribution in [0, 0.1) is 6.92 Å². The van der Waals surface area contributed by atoms with Gasteiger partial charge in [0, 0.05) is 21.9 Å². The van der Waals surface area contributed by atoms with Gasteiger partial charge in [-0.3, -0.25) is 9.89 Å². The smallest absolute Gasteiger partial charge is 0.276 e. The predicted molar refractivity (Wildman–Crippen MR) is 76.7 cm³/mol. The molecule has 0 bridgehead atoms. The number of aromatic nitrogens is 3. The Kier molecular flexibility index (Phi) is 3.14. The summed E-state index contributed by atoms with van der Waals surface area (Å²) < 4.78 is 0. The largest absolute Gasteiger partial charge is 0.305 e. The van der Waals surface area contributed by atoms with Crippen LogP contribution in [0.5, 0.6) is 0 Å². The molecule has 2 N–H and O–H groups in total. The Morgan fingerprint density at radius 2 is 2.32 bits per heavy atom. The lowest BCUT2D eigenvalue weighted by Gasteiger charge is -2.00. The number of rotatable bonds is 3. The molecule has 0 aliphatic carbocycles. The Morgan fingerprint density at radius 3 is 3.00 bits per heavy atom. The van der Waals surface area contributed by atoms with E-state index in [-0.39, 0.29) is 5.91 Å². The molecule has 0 aliphatic heterocycles. The molecule has 3 aromatic heterocycles. The number of hydrogen-bond donors (Lipinski definition) is 2. The van der Waals surface area contributed by atoms with Gasteiger partial charge in [-0.2, -0.15) is 16.4 Å². The van der Waals surface area contributed by atoms with Gasteiger partial charge in [-0.15, -0.1) is 11.3 Å². The molecule has 7 heteroatoms. The van der Waals surface area contributed by atoms with Crippen molar-refractivity contribution in [3.05, 3.63) is 39.7 Å². The van der Waals surface area contributed by atoms with Crippen molar-refractivity contribution >= 4 is 34.4 Å². The zero-order valence-electron chi connectivity index (χ0n) is 10.0. The lowest BCUT2D eigenvalue weighted by molar-refractivity contribution is 0.102. The molecule has 0 fully saturated rings. The van der Waals surface area contributed by atoms with E-state index in [2.05, 4.69) is 20.5 Å². The fraction of sp³-hybridized carbons (Fsp3) is 0.0833. The van der Waals surface area contributed by atoms with E-state index in [1.165, 1.54) is 11.3 Å². The number of aromatic amines is 1. The third-order valence-electron chi connectivity index (χ3n) is 2.57. The number of carbonyl (C=O) groups excluding carboxylic acids is 1. The Morgan fingerprint density at radius 1 is 1.42 bits per heavy atom. The maximum absolute atomic E-state index is 12.0. The first kappa shape index (κ1) is 12.1. The van der Waals surface area contributed by atoms with Crippen molar-refractivity contribution in [1.82, 2.24) is 15.2 Å². The molecule has 0 saturated heterocycles. The number of nitrogens with one attached hydrogen (secondary N) is 2. The van der Waals surface area contributed by atoms with Gasteiger partial charge in [0.25, 0.3) is 5.91 Å². The summed E-state index contributed by atoms with van der Waals surface area (Å²) >= 11 is 3.07. The summed E-state index contributed by atoms with van der Waals surface area (Å²) in [5.74, 6) is 0.375. The quantitative estimate of drug-likeness (QED) is 0.778. The van der Waals surface area contributed by atoms with Gasteiger partial charge in [0.2, 0.25) is 0 Å². The van der Waals surface area contributed by atoms with Gasteiger partial charge < -0.3 is 5.32 Å². The van der Waals surface area contributed by atoms with Crippen molar-refractivity contribution in [3.8, 4) is 10.6 Å². The van der Waals surface area contributed by atoms with Crippen LogP contribution in [0.25, 0.3) is 10.6 Å². The van der Waals surface area contributed by atoms with Crippen molar-refractivity contribution in [2.75, 3.05) is 5.32 Å². The van der Waals surface area contributed by atoms with E-state index in [9.17, 15) is 4.79 Å². The number of anilines is 1. The van der Waals surface area contributed by atoms with Crippen LogP contribution in [-0.4, -0.2) is 21.1 Å². The molecule has 0 radical (unpaired) electrons. The van der Waals surface area contributed by atoms with Crippen LogP contribution in [0.15, 0.2) is 28.4 Å². The molecule has 3 aromatic rings. The zero-order chi connectivity index (χ0) is 13.2. The number of aryl methyl sites for hydroxylation is 1. The van der Waals surface area contributed by atoms with Gasteiger partial charge >= 0.3 is 0 Å². The highest BCUT2D eigenvalue weighted by Crippen LogP contribution is 2.26. The van der Waals surface area contributed by atoms with Crippen LogP contribution in [-0.2, 0) is 0 Å². The molecule has 19 heavy (non-hydrogen) atoms. The number of nitrogens with zero attached hydrogens (tertiary/aromatic N) is 2. The van der Waals surface area contributed by atoms with E-state index in [1.807, 2.05) is 23.8 Å². The highest BCUT2D eigenvalue weighted by molar-refractivity contribution is 7.14. The monoisotopic (exact) mass is 290 g/mol. The second-order valence-corrected chi connectivity index (χ2v) is 5.57. The topological polar surface area (TPSA) is 70.7 Å². The highest BCUT2D eigenvalue weighted by Gasteiger charge is 2.13. The summed E-state index contributed by atoms with van der Waals surface area (Å²) in [7, 11) is 0. The van der Waals surface area contributed by atoms with E-state index in [0.29, 0.717) is 11.5 Å². The van der Waals surface area contributed by atoms with Crippen LogP contribution in [0.2, 0.25) is 0 Å². The first-order chi connectivity index (χ1) is 9.24. The molecule has 96 valence electrons. The molecule has 0 aliphatic rings. The maximum atomic E-state index is 12.0. The Labute approximate surface area is 117 Å². The lowest BCUT2D eigenvalue weighted by Crippen LogP contribution is -2.13. The SMILES string of the molecule is Cc1cn[nH]c1NC(=O)c1csc(-c2ccsc2)n1. The van der Waals surface area contributed by atoms with E-state index >= 15 is 0 Å².